The molecule has 0 radical (unpaired) electrons. The van der Waals surface area contributed by atoms with E-state index in [-0.39, 0.29) is 0 Å². The summed E-state index contributed by atoms with van der Waals surface area (Å²) >= 11 is 0. The summed E-state index contributed by atoms with van der Waals surface area (Å²) in [5.74, 6) is 1.78. The van der Waals surface area contributed by atoms with E-state index in [9.17, 15) is 0 Å². The summed E-state index contributed by atoms with van der Waals surface area (Å²) in [6.07, 6.45) is 0. The van der Waals surface area contributed by atoms with Gasteiger partial charge in [0.05, 0.1) is 22.1 Å². The first-order chi connectivity index (χ1) is 37.1. The summed E-state index contributed by atoms with van der Waals surface area (Å²) in [7, 11) is 0. The molecule has 4 heterocycles. The number of hydrogen-bond acceptors (Lipinski definition) is 5. The molecule has 11 aromatic carbocycles. The van der Waals surface area contributed by atoms with Crippen LogP contribution >= 0.6 is 0 Å². The van der Waals surface area contributed by atoms with Gasteiger partial charge in [-0.3, -0.25) is 0 Å². The topological polar surface area (TPSA) is 69.9 Å². The second-order valence-corrected chi connectivity index (χ2v) is 19.1. The van der Waals surface area contributed by atoms with Gasteiger partial charge in [0.15, 0.2) is 17.5 Å². The average molecular weight is 959 g/mol. The summed E-state index contributed by atoms with van der Waals surface area (Å²) in [5.41, 5.74) is 18.4. The molecule has 0 amide bonds. The van der Waals surface area contributed by atoms with Gasteiger partial charge in [0, 0.05) is 43.6 Å². The Balaban J connectivity index is 0.827. The molecule has 0 unspecified atom stereocenters. The van der Waals surface area contributed by atoms with Crippen LogP contribution in [0.2, 0.25) is 0 Å². The monoisotopic (exact) mass is 958 g/mol. The summed E-state index contributed by atoms with van der Waals surface area (Å²) in [6, 6.07) is 89.4. The van der Waals surface area contributed by atoms with E-state index < -0.39 is 0 Å². The zero-order chi connectivity index (χ0) is 49.4. The fourth-order valence-electron chi connectivity index (χ4n) is 11.1. The highest BCUT2D eigenvalue weighted by Gasteiger charge is 2.21. The van der Waals surface area contributed by atoms with Crippen LogP contribution in [-0.2, 0) is 0 Å². The number of para-hydroxylation sites is 1. The number of benzene rings is 11. The predicted octanol–water partition coefficient (Wildman–Crippen LogP) is 18.4. The smallest absolute Gasteiger partial charge is 0.164 e. The Kier molecular flexibility index (Phi) is 9.78. The first-order valence-electron chi connectivity index (χ1n) is 25.2. The Bertz CT molecular complexity index is 4690. The minimum atomic E-state index is 0.576. The molecule has 0 bridgehead atoms. The molecule has 75 heavy (non-hydrogen) atoms. The fourth-order valence-corrected chi connectivity index (χ4v) is 11.1. The minimum Gasteiger partial charge on any atom is -0.456 e. The Morgan fingerprint density at radius 2 is 0.680 bits per heavy atom. The largest absolute Gasteiger partial charge is 0.456 e. The van der Waals surface area contributed by atoms with Crippen LogP contribution in [-0.4, -0.2) is 19.5 Å². The highest BCUT2D eigenvalue weighted by molar-refractivity contribution is 6.16. The van der Waals surface area contributed by atoms with E-state index in [1.54, 1.807) is 0 Å². The van der Waals surface area contributed by atoms with Gasteiger partial charge in [0.2, 0.25) is 0 Å². The normalized spacial score (nSPS) is 11.7. The van der Waals surface area contributed by atoms with Crippen molar-refractivity contribution in [3.8, 4) is 84.4 Å². The van der Waals surface area contributed by atoms with Crippen LogP contribution in [0.15, 0.2) is 264 Å². The number of rotatable bonds is 8. The number of furan rings is 2. The molecule has 0 atom stereocenters. The van der Waals surface area contributed by atoms with E-state index in [4.69, 9.17) is 23.8 Å². The van der Waals surface area contributed by atoms with Gasteiger partial charge in [-0.25, -0.2) is 15.0 Å². The molecule has 0 fully saturated rings. The Morgan fingerprint density at radius 3 is 1.36 bits per heavy atom. The van der Waals surface area contributed by atoms with Crippen LogP contribution in [0.25, 0.3) is 150 Å². The van der Waals surface area contributed by atoms with Gasteiger partial charge in [-0.2, -0.15) is 0 Å². The van der Waals surface area contributed by atoms with Crippen molar-refractivity contribution in [3.05, 3.63) is 255 Å². The van der Waals surface area contributed by atoms with Crippen molar-refractivity contribution in [2.45, 2.75) is 0 Å². The van der Waals surface area contributed by atoms with Crippen molar-refractivity contribution in [2.24, 2.45) is 0 Å². The van der Waals surface area contributed by atoms with Gasteiger partial charge in [-0.1, -0.05) is 188 Å². The van der Waals surface area contributed by atoms with Crippen LogP contribution in [0, 0.1) is 0 Å². The molecule has 350 valence electrons. The van der Waals surface area contributed by atoms with Crippen LogP contribution in [0.3, 0.4) is 0 Å². The van der Waals surface area contributed by atoms with E-state index in [2.05, 4.69) is 211 Å². The third-order valence-electron chi connectivity index (χ3n) is 14.7. The second-order valence-electron chi connectivity index (χ2n) is 19.1. The molecular weight excluding hydrogens is 917 g/mol. The molecular formula is C69H42N4O2. The molecule has 0 aliphatic heterocycles. The van der Waals surface area contributed by atoms with Crippen LogP contribution in [0.4, 0.5) is 0 Å². The third-order valence-corrected chi connectivity index (χ3v) is 14.7. The van der Waals surface area contributed by atoms with Gasteiger partial charge in [-0.05, 0) is 111 Å². The molecule has 6 nitrogen and oxygen atoms in total. The van der Waals surface area contributed by atoms with Crippen LogP contribution in [0.1, 0.15) is 0 Å². The van der Waals surface area contributed by atoms with Gasteiger partial charge in [-0.15, -0.1) is 0 Å². The molecule has 0 aliphatic rings. The molecule has 15 aromatic rings. The van der Waals surface area contributed by atoms with Gasteiger partial charge in [0.25, 0.3) is 0 Å². The number of hydrogen-bond donors (Lipinski definition) is 0. The minimum absolute atomic E-state index is 0.576. The van der Waals surface area contributed by atoms with Crippen molar-refractivity contribution >= 4 is 65.7 Å². The first-order valence-corrected chi connectivity index (χ1v) is 25.2. The molecule has 0 saturated carbocycles. The summed E-state index contributed by atoms with van der Waals surface area (Å²) in [4.78, 5) is 15.4. The number of nitrogens with zero attached hydrogens (tertiary/aromatic N) is 4. The van der Waals surface area contributed by atoms with Gasteiger partial charge < -0.3 is 13.4 Å². The van der Waals surface area contributed by atoms with Crippen molar-refractivity contribution in [3.63, 3.8) is 0 Å². The maximum absolute atomic E-state index is 6.63. The SMILES string of the molecule is c1ccc(-c2ccc(-c3nc(-c4ccccc4)nc(-c4cccc5oc6ccc(-c7cccc(-c8ccc9oc%10cccc(-n%11c%12ccccc%12c%12cc(-c%13ccccc%13)ccc%12%11)c%10c9c8)c7)cc6c45)n3)cc2)cc1. The molecule has 0 aliphatic carbocycles. The average Bonchev–Trinajstić information content (AvgIpc) is 4.23. The molecule has 4 aromatic heterocycles. The second kappa shape index (κ2) is 17.3. The standard InChI is InChI=1S/C69H42N4O2/c1-4-15-43(16-5-1)45-29-31-47(32-30-45)68-70-67(46-19-8-3-9-20-46)71-69(72-68)54-24-13-27-63-65(54)56-41-51(34-37-61(56)74-63)48-21-12-22-49(39-48)52-35-38-62-57(42-52)66-60(26-14-28-64(66)75-62)73-58-25-11-10-23-53(58)55-40-50(33-36-59(55)73)44-17-6-2-7-18-44/h1-42H. The quantitative estimate of drug-likeness (QED) is 0.152. The summed E-state index contributed by atoms with van der Waals surface area (Å²) in [5, 5.41) is 6.51. The highest BCUT2D eigenvalue weighted by atomic mass is 16.3. The molecule has 0 saturated heterocycles. The zero-order valence-corrected chi connectivity index (χ0v) is 40.4. The van der Waals surface area contributed by atoms with E-state index in [1.165, 1.54) is 21.9 Å². The maximum atomic E-state index is 6.63. The van der Waals surface area contributed by atoms with Crippen molar-refractivity contribution in [1.82, 2.24) is 19.5 Å². The molecule has 6 heteroatoms. The summed E-state index contributed by atoms with van der Waals surface area (Å²) in [6.45, 7) is 0. The van der Waals surface area contributed by atoms with Crippen molar-refractivity contribution < 1.29 is 8.83 Å². The van der Waals surface area contributed by atoms with Gasteiger partial charge >= 0.3 is 0 Å². The van der Waals surface area contributed by atoms with E-state index in [1.807, 2.05) is 48.5 Å². The first kappa shape index (κ1) is 42.5. The lowest BCUT2D eigenvalue weighted by atomic mass is 9.96. The summed E-state index contributed by atoms with van der Waals surface area (Å²) < 4.78 is 15.6. The Labute approximate surface area is 431 Å². The Hall–Kier alpha value is -10.2. The molecule has 0 N–H and O–H groups in total. The maximum Gasteiger partial charge on any atom is 0.164 e. The highest BCUT2D eigenvalue weighted by Crippen LogP contribution is 2.43. The van der Waals surface area contributed by atoms with E-state index in [0.717, 1.165) is 111 Å². The lowest BCUT2D eigenvalue weighted by Crippen LogP contribution is -2.00. The molecule has 0 spiro atoms. The van der Waals surface area contributed by atoms with Gasteiger partial charge in [0.1, 0.15) is 22.3 Å². The third kappa shape index (κ3) is 7.22. The van der Waals surface area contributed by atoms with E-state index in [0.29, 0.717) is 17.5 Å². The number of fused-ring (bicyclic) bond motifs is 9. The van der Waals surface area contributed by atoms with Crippen LogP contribution < -0.4 is 0 Å². The predicted molar refractivity (Wildman–Crippen MR) is 307 cm³/mol. The van der Waals surface area contributed by atoms with Crippen molar-refractivity contribution in [1.29, 1.82) is 0 Å². The number of aromatic nitrogens is 4. The molecule has 15 rings (SSSR count). The lowest BCUT2D eigenvalue weighted by molar-refractivity contribution is 0.668. The van der Waals surface area contributed by atoms with E-state index >= 15 is 0 Å². The Morgan fingerprint density at radius 1 is 0.253 bits per heavy atom. The lowest BCUT2D eigenvalue weighted by Gasteiger charge is -2.11. The fraction of sp³-hybridized carbons (Fsp3) is 0. The zero-order valence-electron chi connectivity index (χ0n) is 40.4. The van der Waals surface area contributed by atoms with Crippen LogP contribution in [0.5, 0.6) is 0 Å². The van der Waals surface area contributed by atoms with Crippen molar-refractivity contribution in [2.75, 3.05) is 0 Å².